The molecule has 4 nitrogen and oxygen atoms in total. The summed E-state index contributed by atoms with van der Waals surface area (Å²) in [6, 6.07) is 4.97. The lowest BCUT2D eigenvalue weighted by molar-refractivity contribution is -0.384. The van der Waals surface area contributed by atoms with E-state index in [1.165, 1.54) is 12.5 Å². The molecule has 0 spiro atoms. The van der Waals surface area contributed by atoms with Gasteiger partial charge in [0.05, 0.1) is 4.92 Å². The summed E-state index contributed by atoms with van der Waals surface area (Å²) in [4.78, 5) is 10.5. The number of rotatable bonds is 3. The molecule has 0 radical (unpaired) electrons. The molecule has 0 heterocycles. The molecule has 1 N–H and O–H groups in total. The Hall–Kier alpha value is -1.10. The van der Waals surface area contributed by atoms with Crippen molar-refractivity contribution in [3.63, 3.8) is 0 Å². The smallest absolute Gasteiger partial charge is 0.292 e. The molecule has 16 heavy (non-hydrogen) atoms. The average Bonchev–Trinajstić information content (AvgIpc) is 2.15. The van der Waals surface area contributed by atoms with E-state index in [2.05, 4.69) is 28.2 Å². The SMILES string of the molecule is CC1(Nc2cc(Br)ccc2[N+](=O)[O-])CCC1. The van der Waals surface area contributed by atoms with Gasteiger partial charge in [-0.1, -0.05) is 15.9 Å². The quantitative estimate of drug-likeness (QED) is 0.680. The van der Waals surface area contributed by atoms with Crippen LogP contribution in [0, 0.1) is 10.1 Å². The summed E-state index contributed by atoms with van der Waals surface area (Å²) in [6.45, 7) is 2.10. The van der Waals surface area contributed by atoms with E-state index in [0.717, 1.165) is 17.3 Å². The van der Waals surface area contributed by atoms with E-state index in [0.29, 0.717) is 5.69 Å². The second kappa shape index (κ2) is 4.05. The number of hydrogen-bond donors (Lipinski definition) is 1. The third-order valence-electron chi connectivity index (χ3n) is 3.05. The van der Waals surface area contributed by atoms with Gasteiger partial charge < -0.3 is 5.32 Å². The van der Waals surface area contributed by atoms with Crippen molar-refractivity contribution in [3.8, 4) is 0 Å². The molecule has 0 bridgehead atoms. The van der Waals surface area contributed by atoms with Gasteiger partial charge in [-0.3, -0.25) is 10.1 Å². The molecule has 0 saturated heterocycles. The van der Waals surface area contributed by atoms with Crippen molar-refractivity contribution in [2.75, 3.05) is 5.32 Å². The predicted molar refractivity (Wildman–Crippen MR) is 66.7 cm³/mol. The maximum absolute atomic E-state index is 10.9. The Morgan fingerprint density at radius 1 is 1.50 bits per heavy atom. The maximum atomic E-state index is 10.9. The Kier molecular flexibility index (Phi) is 2.88. The number of nitrogens with one attached hydrogen (secondary N) is 1. The number of nitro groups is 1. The van der Waals surface area contributed by atoms with E-state index in [-0.39, 0.29) is 16.1 Å². The van der Waals surface area contributed by atoms with Crippen LogP contribution in [0.4, 0.5) is 11.4 Å². The number of benzene rings is 1. The zero-order chi connectivity index (χ0) is 11.8. The Balaban J connectivity index is 2.30. The Labute approximate surface area is 102 Å². The van der Waals surface area contributed by atoms with Crippen LogP contribution < -0.4 is 5.32 Å². The van der Waals surface area contributed by atoms with Gasteiger partial charge in [0.1, 0.15) is 5.69 Å². The zero-order valence-corrected chi connectivity index (χ0v) is 10.6. The van der Waals surface area contributed by atoms with E-state index in [9.17, 15) is 10.1 Å². The molecule has 0 atom stereocenters. The van der Waals surface area contributed by atoms with E-state index in [4.69, 9.17) is 0 Å². The van der Waals surface area contributed by atoms with Crippen LogP contribution in [0.25, 0.3) is 0 Å². The van der Waals surface area contributed by atoms with Gasteiger partial charge in [-0.2, -0.15) is 0 Å². The van der Waals surface area contributed by atoms with Crippen molar-refractivity contribution >= 4 is 27.3 Å². The fourth-order valence-electron chi connectivity index (χ4n) is 1.92. The summed E-state index contributed by atoms with van der Waals surface area (Å²) >= 11 is 3.33. The van der Waals surface area contributed by atoms with Gasteiger partial charge in [0.25, 0.3) is 5.69 Å². The van der Waals surface area contributed by atoms with Crippen LogP contribution in [-0.4, -0.2) is 10.5 Å². The molecular formula is C11H13BrN2O2. The Bertz CT molecular complexity index is 430. The van der Waals surface area contributed by atoms with Crippen molar-refractivity contribution in [2.24, 2.45) is 0 Å². The van der Waals surface area contributed by atoms with Crippen LogP contribution in [0.5, 0.6) is 0 Å². The van der Waals surface area contributed by atoms with Gasteiger partial charge in [0.15, 0.2) is 0 Å². The van der Waals surface area contributed by atoms with Gasteiger partial charge in [-0.05, 0) is 38.3 Å². The van der Waals surface area contributed by atoms with Gasteiger partial charge >= 0.3 is 0 Å². The molecule has 1 aliphatic rings. The lowest BCUT2D eigenvalue weighted by Crippen LogP contribution is -2.41. The fraction of sp³-hybridized carbons (Fsp3) is 0.455. The lowest BCUT2D eigenvalue weighted by atomic mass is 9.78. The molecule has 1 aromatic carbocycles. The van der Waals surface area contributed by atoms with Crippen LogP contribution in [0.2, 0.25) is 0 Å². The van der Waals surface area contributed by atoms with Crippen LogP contribution in [-0.2, 0) is 0 Å². The first-order chi connectivity index (χ1) is 7.50. The number of nitro benzene ring substituents is 1. The molecule has 1 aliphatic carbocycles. The number of hydrogen-bond acceptors (Lipinski definition) is 3. The summed E-state index contributed by atoms with van der Waals surface area (Å²) in [5.41, 5.74) is 0.754. The number of anilines is 1. The molecule has 0 aliphatic heterocycles. The largest absolute Gasteiger partial charge is 0.374 e. The molecule has 0 amide bonds. The molecule has 0 aromatic heterocycles. The Morgan fingerprint density at radius 2 is 2.19 bits per heavy atom. The molecule has 86 valence electrons. The summed E-state index contributed by atoms with van der Waals surface area (Å²) < 4.78 is 0.850. The van der Waals surface area contributed by atoms with Gasteiger partial charge in [0, 0.05) is 16.1 Å². The highest BCUT2D eigenvalue weighted by Gasteiger charge is 2.33. The van der Waals surface area contributed by atoms with Crippen molar-refractivity contribution in [1.29, 1.82) is 0 Å². The summed E-state index contributed by atoms with van der Waals surface area (Å²) in [5.74, 6) is 0. The standard InChI is InChI=1S/C11H13BrN2O2/c1-11(5-2-6-11)13-9-7-8(12)3-4-10(9)14(15)16/h3-4,7,13H,2,5-6H2,1H3. The molecule has 1 aromatic rings. The van der Waals surface area contributed by atoms with Crippen molar-refractivity contribution in [3.05, 3.63) is 32.8 Å². The average molecular weight is 285 g/mol. The topological polar surface area (TPSA) is 55.2 Å². The van der Waals surface area contributed by atoms with E-state index >= 15 is 0 Å². The maximum Gasteiger partial charge on any atom is 0.292 e. The van der Waals surface area contributed by atoms with Gasteiger partial charge in [-0.25, -0.2) is 0 Å². The fourth-order valence-corrected chi connectivity index (χ4v) is 2.29. The minimum absolute atomic E-state index is 0.0194. The summed E-state index contributed by atoms with van der Waals surface area (Å²) in [7, 11) is 0. The van der Waals surface area contributed by atoms with Crippen LogP contribution in [0.15, 0.2) is 22.7 Å². The number of halogens is 1. The van der Waals surface area contributed by atoms with Crippen LogP contribution in [0.1, 0.15) is 26.2 Å². The van der Waals surface area contributed by atoms with E-state index < -0.39 is 0 Å². The third-order valence-corrected chi connectivity index (χ3v) is 3.54. The number of nitrogens with zero attached hydrogens (tertiary/aromatic N) is 1. The van der Waals surface area contributed by atoms with Gasteiger partial charge in [0.2, 0.25) is 0 Å². The van der Waals surface area contributed by atoms with Crippen LogP contribution in [0.3, 0.4) is 0 Å². The first-order valence-electron chi connectivity index (χ1n) is 5.22. The minimum Gasteiger partial charge on any atom is -0.374 e. The second-order valence-corrected chi connectivity index (χ2v) is 5.37. The molecule has 1 fully saturated rings. The van der Waals surface area contributed by atoms with E-state index in [1.807, 2.05) is 0 Å². The van der Waals surface area contributed by atoms with Crippen molar-refractivity contribution < 1.29 is 4.92 Å². The molecule has 5 heteroatoms. The molecule has 2 rings (SSSR count). The first-order valence-corrected chi connectivity index (χ1v) is 6.02. The minimum atomic E-state index is -0.350. The highest BCUT2D eigenvalue weighted by atomic mass is 79.9. The Morgan fingerprint density at radius 3 is 2.69 bits per heavy atom. The molecule has 1 saturated carbocycles. The third kappa shape index (κ3) is 2.19. The van der Waals surface area contributed by atoms with Crippen LogP contribution >= 0.6 is 15.9 Å². The molecule has 0 unspecified atom stereocenters. The highest BCUT2D eigenvalue weighted by molar-refractivity contribution is 9.10. The predicted octanol–water partition coefficient (Wildman–Crippen LogP) is 3.71. The zero-order valence-electron chi connectivity index (χ0n) is 9.00. The monoisotopic (exact) mass is 284 g/mol. The second-order valence-electron chi connectivity index (χ2n) is 4.46. The van der Waals surface area contributed by atoms with Gasteiger partial charge in [-0.15, -0.1) is 0 Å². The van der Waals surface area contributed by atoms with Crippen molar-refractivity contribution in [2.45, 2.75) is 31.7 Å². The first kappa shape index (κ1) is 11.4. The lowest BCUT2D eigenvalue weighted by Gasteiger charge is -2.39. The van der Waals surface area contributed by atoms with E-state index in [1.54, 1.807) is 12.1 Å². The summed E-state index contributed by atoms with van der Waals surface area (Å²) in [6.07, 6.45) is 3.32. The van der Waals surface area contributed by atoms with Crippen molar-refractivity contribution in [1.82, 2.24) is 0 Å². The molecular weight excluding hydrogens is 272 g/mol. The highest BCUT2D eigenvalue weighted by Crippen LogP contribution is 2.38. The summed E-state index contributed by atoms with van der Waals surface area (Å²) in [5, 5.41) is 14.1. The normalized spacial score (nSPS) is 17.6.